The minimum absolute atomic E-state index is 0. The van der Waals surface area contributed by atoms with Gasteiger partial charge in [0.05, 0.1) is 11.9 Å². The number of hydrogen-bond acceptors (Lipinski definition) is 4. The Morgan fingerprint density at radius 2 is 1.04 bits per heavy atom. The van der Waals surface area contributed by atoms with Crippen molar-refractivity contribution in [1.82, 2.24) is 0 Å². The zero-order chi connectivity index (χ0) is 16.5. The zero-order valence-corrected chi connectivity index (χ0v) is 16.2. The minimum atomic E-state index is -1.17. The van der Waals surface area contributed by atoms with E-state index in [0.29, 0.717) is 11.1 Å². The quantitative estimate of drug-likeness (QED) is 0.586. The van der Waals surface area contributed by atoms with E-state index in [2.05, 4.69) is 13.2 Å². The number of carbonyl (C=O) groups is 2. The molecule has 0 amide bonds. The van der Waals surface area contributed by atoms with Crippen LogP contribution in [0.3, 0.4) is 0 Å². The summed E-state index contributed by atoms with van der Waals surface area (Å²) in [5, 5.41) is 20.8. The molecule has 0 heterocycles. The Morgan fingerprint density at radius 1 is 0.739 bits per heavy atom. The number of hydrogen-bond donors (Lipinski definition) is 0. The molecule has 0 saturated heterocycles. The number of rotatable bonds is 4. The van der Waals surface area contributed by atoms with E-state index in [1.807, 2.05) is 0 Å². The van der Waals surface area contributed by atoms with E-state index in [1.165, 1.54) is 24.3 Å². The van der Waals surface area contributed by atoms with Crippen molar-refractivity contribution in [3.8, 4) is 0 Å². The number of carbonyl (C=O) groups excluding carboxylic acids is 2. The third-order valence-electron chi connectivity index (χ3n) is 2.80. The molecule has 0 aliphatic heterocycles. The van der Waals surface area contributed by atoms with Gasteiger partial charge in [0, 0.05) is 11.1 Å². The molecule has 0 aliphatic carbocycles. The van der Waals surface area contributed by atoms with Gasteiger partial charge >= 0.3 is 27.3 Å². The van der Waals surface area contributed by atoms with Gasteiger partial charge in [-0.25, -0.2) is 0 Å². The van der Waals surface area contributed by atoms with E-state index in [0.717, 1.165) is 0 Å². The first-order chi connectivity index (χ1) is 10.5. The molecule has 0 N–H and O–H groups in total. The van der Waals surface area contributed by atoms with Gasteiger partial charge in [0.2, 0.25) is 0 Å². The normalized spacial score (nSPS) is 8.70. The van der Waals surface area contributed by atoms with E-state index >= 15 is 0 Å². The molecular formula is C18H14O4Pb. The summed E-state index contributed by atoms with van der Waals surface area (Å²) in [5.41, 5.74) is 1.55. The van der Waals surface area contributed by atoms with Gasteiger partial charge in [-0.15, -0.1) is 0 Å². The summed E-state index contributed by atoms with van der Waals surface area (Å²) in [5.74, 6) is -2.33. The molecule has 5 heteroatoms. The molecule has 0 fully saturated rings. The smallest absolute Gasteiger partial charge is 0.545 e. The number of carboxylic acids is 2. The second-order valence-electron chi connectivity index (χ2n) is 4.16. The number of carboxylic acid groups (broad SMARTS) is 2. The zero-order valence-electron chi connectivity index (χ0n) is 12.3. The van der Waals surface area contributed by atoms with Gasteiger partial charge in [0.25, 0.3) is 0 Å². The topological polar surface area (TPSA) is 80.3 Å². The van der Waals surface area contributed by atoms with Crippen LogP contribution in [0.1, 0.15) is 31.8 Å². The van der Waals surface area contributed by atoms with Crippen LogP contribution in [-0.2, 0) is 0 Å². The van der Waals surface area contributed by atoms with Gasteiger partial charge < -0.3 is 19.8 Å². The van der Waals surface area contributed by atoms with Crippen LogP contribution in [0.15, 0.2) is 61.7 Å². The Bertz CT molecular complexity index is 646. The maximum Gasteiger partial charge on any atom is 2.00 e. The Kier molecular flexibility index (Phi) is 9.49. The van der Waals surface area contributed by atoms with Crippen LogP contribution in [-0.4, -0.2) is 39.2 Å². The third-order valence-corrected chi connectivity index (χ3v) is 2.80. The van der Waals surface area contributed by atoms with Crippen molar-refractivity contribution in [3.63, 3.8) is 0 Å². The minimum Gasteiger partial charge on any atom is -0.545 e. The SMILES string of the molecule is C=Cc1ccccc1C(=O)[O-].C=Cc1ccccc1C(=O)[O-].[Pb+2]. The summed E-state index contributed by atoms with van der Waals surface area (Å²) in [7, 11) is 0. The maximum atomic E-state index is 10.4. The van der Waals surface area contributed by atoms with Crippen LogP contribution in [0.25, 0.3) is 12.2 Å². The fourth-order valence-electron chi connectivity index (χ4n) is 1.72. The Morgan fingerprint density at radius 3 is 1.26 bits per heavy atom. The fourth-order valence-corrected chi connectivity index (χ4v) is 1.72. The molecule has 0 aliphatic rings. The summed E-state index contributed by atoms with van der Waals surface area (Å²) in [6.07, 6.45) is 2.98. The van der Waals surface area contributed by atoms with Gasteiger partial charge in [-0.3, -0.25) is 0 Å². The van der Waals surface area contributed by atoms with Crippen molar-refractivity contribution in [2.75, 3.05) is 0 Å². The van der Waals surface area contributed by atoms with Crippen LogP contribution in [0.2, 0.25) is 0 Å². The van der Waals surface area contributed by atoms with Crippen LogP contribution in [0.5, 0.6) is 0 Å². The van der Waals surface area contributed by atoms with Crippen LogP contribution in [0, 0.1) is 0 Å². The van der Waals surface area contributed by atoms with Gasteiger partial charge in [0.1, 0.15) is 0 Å². The van der Waals surface area contributed by atoms with Gasteiger partial charge in [-0.1, -0.05) is 73.8 Å². The molecule has 0 bridgehead atoms. The fraction of sp³-hybridized carbons (Fsp3) is 0. The molecule has 0 unspecified atom stereocenters. The second kappa shape index (κ2) is 10.5. The van der Waals surface area contributed by atoms with E-state index in [-0.39, 0.29) is 38.4 Å². The summed E-state index contributed by atoms with van der Waals surface area (Å²) < 4.78 is 0. The van der Waals surface area contributed by atoms with Crippen LogP contribution < -0.4 is 10.2 Å². The van der Waals surface area contributed by atoms with Gasteiger partial charge in [-0.2, -0.15) is 0 Å². The molecule has 0 spiro atoms. The Hall–Kier alpha value is -2.22. The molecule has 114 valence electrons. The predicted octanol–water partition coefficient (Wildman–Crippen LogP) is 1.01. The Labute approximate surface area is 154 Å². The molecule has 2 radical (unpaired) electrons. The predicted molar refractivity (Wildman–Crippen MR) is 87.5 cm³/mol. The average Bonchev–Trinajstić information content (AvgIpc) is 2.55. The summed E-state index contributed by atoms with van der Waals surface area (Å²) in [4.78, 5) is 20.8. The standard InChI is InChI=1S/2C9H8O2.Pb/c2*1-2-7-5-3-4-6-8(7)9(10)11;/h2*2-6H,1H2,(H,10,11);/q;;+2/p-2. The summed E-state index contributed by atoms with van der Waals surface area (Å²) in [6.45, 7) is 6.97. The number of aromatic carboxylic acids is 2. The molecule has 2 aromatic rings. The van der Waals surface area contributed by atoms with Crippen molar-refractivity contribution >= 4 is 51.4 Å². The number of benzene rings is 2. The van der Waals surface area contributed by atoms with E-state index in [4.69, 9.17) is 0 Å². The van der Waals surface area contributed by atoms with E-state index < -0.39 is 11.9 Å². The van der Waals surface area contributed by atoms with Crippen molar-refractivity contribution in [2.24, 2.45) is 0 Å². The first-order valence-corrected chi connectivity index (χ1v) is 6.37. The van der Waals surface area contributed by atoms with Crippen LogP contribution >= 0.6 is 0 Å². The first-order valence-electron chi connectivity index (χ1n) is 6.37. The molecule has 0 saturated carbocycles. The van der Waals surface area contributed by atoms with Gasteiger partial charge in [0.15, 0.2) is 0 Å². The molecular weight excluding hydrogens is 487 g/mol. The Balaban J connectivity index is 0.000000403. The van der Waals surface area contributed by atoms with Crippen molar-refractivity contribution in [1.29, 1.82) is 0 Å². The van der Waals surface area contributed by atoms with Crippen molar-refractivity contribution in [2.45, 2.75) is 0 Å². The largest absolute Gasteiger partial charge is 2.00 e. The van der Waals surface area contributed by atoms with E-state index in [1.54, 1.807) is 36.4 Å². The molecule has 23 heavy (non-hydrogen) atoms. The molecule has 2 rings (SSSR count). The van der Waals surface area contributed by atoms with Gasteiger partial charge in [-0.05, 0) is 11.1 Å². The first kappa shape index (κ1) is 20.8. The van der Waals surface area contributed by atoms with Crippen molar-refractivity contribution < 1.29 is 19.8 Å². The second-order valence-corrected chi connectivity index (χ2v) is 4.16. The van der Waals surface area contributed by atoms with Crippen molar-refractivity contribution in [3.05, 3.63) is 83.9 Å². The third kappa shape index (κ3) is 6.19. The van der Waals surface area contributed by atoms with E-state index in [9.17, 15) is 19.8 Å². The summed E-state index contributed by atoms with van der Waals surface area (Å²) in [6, 6.07) is 13.2. The summed E-state index contributed by atoms with van der Waals surface area (Å²) >= 11 is 0. The molecule has 0 aromatic heterocycles. The monoisotopic (exact) mass is 502 g/mol. The molecule has 0 atom stereocenters. The van der Waals surface area contributed by atoms with Crippen LogP contribution in [0.4, 0.5) is 0 Å². The molecule has 2 aromatic carbocycles. The average molecular weight is 502 g/mol. The molecule has 4 nitrogen and oxygen atoms in total. The maximum absolute atomic E-state index is 10.4.